The van der Waals surface area contributed by atoms with Gasteiger partial charge in [-0.2, -0.15) is 0 Å². The molecule has 0 radical (unpaired) electrons. The molecule has 1 fully saturated rings. The number of carboxylic acid groups (broad SMARTS) is 1. The molecule has 1 amide bonds. The van der Waals surface area contributed by atoms with Crippen LogP contribution in [-0.4, -0.2) is 45.6 Å². The van der Waals surface area contributed by atoms with Gasteiger partial charge in [0.1, 0.15) is 6.04 Å². The van der Waals surface area contributed by atoms with Crippen molar-refractivity contribution in [3.63, 3.8) is 0 Å². The zero-order chi connectivity index (χ0) is 12.5. The molecule has 0 spiro atoms. The van der Waals surface area contributed by atoms with Gasteiger partial charge in [0.05, 0.1) is 11.9 Å². The van der Waals surface area contributed by atoms with Gasteiger partial charge in [-0.15, -0.1) is 11.8 Å². The van der Waals surface area contributed by atoms with Crippen molar-refractivity contribution in [1.82, 2.24) is 4.90 Å². The molecule has 0 aromatic rings. The third-order valence-electron chi connectivity index (χ3n) is 2.65. The van der Waals surface area contributed by atoms with Crippen LogP contribution in [0.4, 0.5) is 0 Å². The molecule has 0 bridgehead atoms. The second-order valence-electron chi connectivity index (χ2n) is 5.01. The lowest BCUT2D eigenvalue weighted by Crippen LogP contribution is -2.53. The van der Waals surface area contributed by atoms with Gasteiger partial charge >= 0.3 is 5.97 Å². The summed E-state index contributed by atoms with van der Waals surface area (Å²) in [6.07, 6.45) is 0. The number of nitrogens with zero attached hydrogens (tertiary/aromatic N) is 1. The van der Waals surface area contributed by atoms with E-state index in [1.54, 1.807) is 0 Å². The number of amides is 1. The van der Waals surface area contributed by atoms with Gasteiger partial charge in [-0.3, -0.25) is 4.79 Å². The van der Waals surface area contributed by atoms with Gasteiger partial charge in [-0.1, -0.05) is 20.8 Å². The lowest BCUT2D eigenvalue weighted by molar-refractivity contribution is -0.149. The van der Waals surface area contributed by atoms with E-state index < -0.39 is 18.1 Å². The van der Waals surface area contributed by atoms with Crippen molar-refractivity contribution >= 4 is 23.6 Å². The van der Waals surface area contributed by atoms with E-state index in [1.165, 1.54) is 16.7 Å². The minimum Gasteiger partial charge on any atom is -0.480 e. The standard InChI is InChI=1S/C10H18N2O3S/c1-10(2,3)7(11)8(13)12-5-16-4-6(12)9(14)15/h6-7H,4-5,11H2,1-3H3,(H,14,15)/t6?,7-/m0/s1. The number of nitrogens with two attached hydrogens (primary N) is 1. The highest BCUT2D eigenvalue weighted by atomic mass is 32.2. The summed E-state index contributed by atoms with van der Waals surface area (Å²) in [6, 6.07) is -1.39. The largest absolute Gasteiger partial charge is 0.480 e. The molecule has 0 aromatic carbocycles. The summed E-state index contributed by atoms with van der Waals surface area (Å²) in [5.74, 6) is -0.373. The van der Waals surface area contributed by atoms with E-state index in [-0.39, 0.29) is 11.3 Å². The number of hydrogen-bond donors (Lipinski definition) is 2. The quantitative estimate of drug-likeness (QED) is 0.734. The Hall–Kier alpha value is -0.750. The van der Waals surface area contributed by atoms with E-state index in [0.717, 1.165) is 0 Å². The Balaban J connectivity index is 2.77. The molecule has 2 atom stereocenters. The molecular weight excluding hydrogens is 228 g/mol. The number of carboxylic acids is 1. The molecule has 16 heavy (non-hydrogen) atoms. The van der Waals surface area contributed by atoms with E-state index in [0.29, 0.717) is 11.6 Å². The van der Waals surface area contributed by atoms with Crippen LogP contribution in [0, 0.1) is 5.41 Å². The SMILES string of the molecule is CC(C)(C)[C@@H](N)C(=O)N1CSCC1C(=O)O. The Morgan fingerprint density at radius 2 is 2.06 bits per heavy atom. The van der Waals surface area contributed by atoms with E-state index in [9.17, 15) is 9.59 Å². The molecule has 1 rings (SSSR count). The number of thioether (sulfide) groups is 1. The lowest BCUT2D eigenvalue weighted by Gasteiger charge is -2.31. The second-order valence-corrected chi connectivity index (χ2v) is 6.01. The molecule has 1 unspecified atom stereocenters. The molecule has 0 aromatic heterocycles. The lowest BCUT2D eigenvalue weighted by atomic mass is 9.86. The second kappa shape index (κ2) is 4.63. The Kier molecular flexibility index (Phi) is 3.85. The first-order chi connectivity index (χ1) is 7.25. The number of hydrogen-bond acceptors (Lipinski definition) is 4. The van der Waals surface area contributed by atoms with Crippen LogP contribution in [0.5, 0.6) is 0 Å². The van der Waals surface area contributed by atoms with E-state index in [4.69, 9.17) is 10.8 Å². The van der Waals surface area contributed by atoms with E-state index >= 15 is 0 Å². The maximum atomic E-state index is 12.0. The predicted octanol–water partition coefficient (Wildman–Crippen LogP) is 0.346. The third kappa shape index (κ3) is 2.68. The first-order valence-corrected chi connectivity index (χ1v) is 6.27. The summed E-state index contributed by atoms with van der Waals surface area (Å²) < 4.78 is 0. The third-order valence-corrected chi connectivity index (χ3v) is 3.66. The van der Waals surface area contributed by atoms with Crippen LogP contribution < -0.4 is 5.73 Å². The summed E-state index contributed by atoms with van der Waals surface area (Å²) >= 11 is 1.44. The Labute approximate surface area is 99.4 Å². The molecule has 1 saturated heterocycles. The number of carbonyl (C=O) groups excluding carboxylic acids is 1. The number of aliphatic carboxylic acids is 1. The van der Waals surface area contributed by atoms with Gasteiger partial charge in [0.25, 0.3) is 0 Å². The molecule has 92 valence electrons. The zero-order valence-electron chi connectivity index (χ0n) is 9.77. The van der Waals surface area contributed by atoms with Crippen molar-refractivity contribution in [2.45, 2.75) is 32.9 Å². The van der Waals surface area contributed by atoms with E-state index in [1.807, 2.05) is 20.8 Å². The fourth-order valence-electron chi connectivity index (χ4n) is 1.41. The molecule has 0 saturated carbocycles. The van der Waals surface area contributed by atoms with Crippen molar-refractivity contribution in [3.8, 4) is 0 Å². The van der Waals surface area contributed by atoms with Gasteiger partial charge < -0.3 is 15.7 Å². The molecule has 5 nitrogen and oxygen atoms in total. The maximum absolute atomic E-state index is 12.0. The fourth-order valence-corrected chi connectivity index (χ4v) is 2.57. The molecular formula is C10H18N2O3S. The van der Waals surface area contributed by atoms with Crippen molar-refractivity contribution in [2.24, 2.45) is 11.1 Å². The molecule has 0 aliphatic carbocycles. The van der Waals surface area contributed by atoms with Crippen molar-refractivity contribution in [1.29, 1.82) is 0 Å². The number of rotatable bonds is 2. The van der Waals surface area contributed by atoms with Gasteiger partial charge in [-0.05, 0) is 5.41 Å². The number of carbonyl (C=O) groups is 2. The van der Waals surface area contributed by atoms with E-state index in [2.05, 4.69) is 0 Å². The van der Waals surface area contributed by atoms with Gasteiger partial charge in [0.15, 0.2) is 0 Å². The molecule has 1 aliphatic rings. The fraction of sp³-hybridized carbons (Fsp3) is 0.800. The van der Waals surface area contributed by atoms with Crippen LogP contribution in [0.1, 0.15) is 20.8 Å². The normalized spacial score (nSPS) is 23.2. The summed E-state index contributed by atoms with van der Waals surface area (Å²) in [7, 11) is 0. The molecule has 3 N–H and O–H groups in total. The van der Waals surface area contributed by atoms with Crippen LogP contribution in [-0.2, 0) is 9.59 Å². The highest BCUT2D eigenvalue weighted by molar-refractivity contribution is 7.99. The van der Waals surface area contributed by atoms with Gasteiger partial charge in [0.2, 0.25) is 5.91 Å². The smallest absolute Gasteiger partial charge is 0.327 e. The average molecular weight is 246 g/mol. The van der Waals surface area contributed by atoms with Crippen molar-refractivity contribution in [3.05, 3.63) is 0 Å². The van der Waals surface area contributed by atoms with Gasteiger partial charge in [0, 0.05) is 5.75 Å². The first-order valence-electron chi connectivity index (χ1n) is 5.11. The van der Waals surface area contributed by atoms with Crippen molar-refractivity contribution < 1.29 is 14.7 Å². The zero-order valence-corrected chi connectivity index (χ0v) is 10.6. The molecule has 1 heterocycles. The topological polar surface area (TPSA) is 83.6 Å². The summed E-state index contributed by atoms with van der Waals surface area (Å²) in [5, 5.41) is 8.97. The monoisotopic (exact) mass is 246 g/mol. The summed E-state index contributed by atoms with van der Waals surface area (Å²) in [5.41, 5.74) is 5.49. The first kappa shape index (κ1) is 13.3. The van der Waals surface area contributed by atoms with Gasteiger partial charge in [-0.25, -0.2) is 4.79 Å². The van der Waals surface area contributed by atoms with Crippen LogP contribution in [0.3, 0.4) is 0 Å². The highest BCUT2D eigenvalue weighted by Crippen LogP contribution is 2.25. The highest BCUT2D eigenvalue weighted by Gasteiger charge is 2.39. The van der Waals surface area contributed by atoms with Crippen molar-refractivity contribution in [2.75, 3.05) is 11.6 Å². The average Bonchev–Trinajstić information content (AvgIpc) is 2.62. The maximum Gasteiger partial charge on any atom is 0.327 e. The minimum absolute atomic E-state index is 0.273. The Morgan fingerprint density at radius 1 is 1.50 bits per heavy atom. The molecule has 1 aliphatic heterocycles. The Morgan fingerprint density at radius 3 is 2.50 bits per heavy atom. The summed E-state index contributed by atoms with van der Waals surface area (Å²) in [4.78, 5) is 24.3. The predicted molar refractivity (Wildman–Crippen MR) is 63.0 cm³/mol. The molecule has 6 heteroatoms. The minimum atomic E-state index is -0.959. The van der Waals surface area contributed by atoms with Crippen LogP contribution in [0.2, 0.25) is 0 Å². The van der Waals surface area contributed by atoms with Crippen LogP contribution >= 0.6 is 11.8 Å². The van der Waals surface area contributed by atoms with Crippen LogP contribution in [0.25, 0.3) is 0 Å². The summed E-state index contributed by atoms with van der Waals surface area (Å²) in [6.45, 7) is 5.61. The Bertz CT molecular complexity index is 301. The van der Waals surface area contributed by atoms with Crippen LogP contribution in [0.15, 0.2) is 0 Å².